The van der Waals surface area contributed by atoms with Crippen LogP contribution in [0.2, 0.25) is 0 Å². The minimum absolute atomic E-state index is 0.931. The maximum Gasteiger partial charge on any atom is 0.0511 e. The number of hydrogen-bond acceptors (Lipinski definition) is 3. The van der Waals surface area contributed by atoms with E-state index in [1.54, 1.807) is 0 Å². The van der Waals surface area contributed by atoms with Crippen molar-refractivity contribution in [2.75, 3.05) is 37.6 Å². The van der Waals surface area contributed by atoms with Gasteiger partial charge in [-0.25, -0.2) is 0 Å². The van der Waals surface area contributed by atoms with Crippen LogP contribution in [0.1, 0.15) is 18.1 Å². The second-order valence-corrected chi connectivity index (χ2v) is 7.17. The molecule has 0 unspecified atom stereocenters. The monoisotopic (exact) mass is 387 g/mol. The summed E-state index contributed by atoms with van der Waals surface area (Å²) in [5, 5.41) is 3.38. The molecule has 1 aliphatic rings. The maximum absolute atomic E-state index is 3.76. The minimum Gasteiger partial charge on any atom is -0.368 e. The molecule has 0 bridgehead atoms. The second-order valence-electron chi connectivity index (χ2n) is 6.31. The van der Waals surface area contributed by atoms with Gasteiger partial charge in [0.2, 0.25) is 0 Å². The fraction of sp³-hybridized carbons (Fsp3) is 0.400. The molecule has 24 heavy (non-hydrogen) atoms. The van der Waals surface area contributed by atoms with Gasteiger partial charge in [-0.1, -0.05) is 43.3 Å². The van der Waals surface area contributed by atoms with Crippen LogP contribution in [0.3, 0.4) is 0 Å². The van der Waals surface area contributed by atoms with Crippen LogP contribution in [0.4, 0.5) is 5.69 Å². The smallest absolute Gasteiger partial charge is 0.0511 e. The normalized spacial score (nSPS) is 15.7. The second kappa shape index (κ2) is 8.65. The highest BCUT2D eigenvalue weighted by atomic mass is 79.9. The predicted molar refractivity (Wildman–Crippen MR) is 105 cm³/mol. The topological polar surface area (TPSA) is 18.5 Å². The van der Waals surface area contributed by atoms with Gasteiger partial charge < -0.3 is 10.2 Å². The Kier molecular flexibility index (Phi) is 6.30. The summed E-state index contributed by atoms with van der Waals surface area (Å²) in [4.78, 5) is 5.03. The Labute approximate surface area is 153 Å². The lowest BCUT2D eigenvalue weighted by molar-refractivity contribution is 0.250. The third-order valence-corrected chi connectivity index (χ3v) is 5.19. The fourth-order valence-electron chi connectivity index (χ4n) is 3.17. The van der Waals surface area contributed by atoms with Gasteiger partial charge in [0.1, 0.15) is 0 Å². The molecule has 1 saturated heterocycles. The molecule has 0 spiro atoms. The maximum atomic E-state index is 3.76. The molecule has 3 rings (SSSR count). The summed E-state index contributed by atoms with van der Waals surface area (Å²) in [5.74, 6) is 0. The molecule has 1 N–H and O–H groups in total. The van der Waals surface area contributed by atoms with Crippen molar-refractivity contribution in [2.24, 2.45) is 0 Å². The number of benzene rings is 2. The van der Waals surface area contributed by atoms with Crippen molar-refractivity contribution in [3.63, 3.8) is 0 Å². The first-order valence-corrected chi connectivity index (χ1v) is 9.56. The summed E-state index contributed by atoms with van der Waals surface area (Å²) in [6.07, 6.45) is 0. The Balaban J connectivity index is 1.56. The van der Waals surface area contributed by atoms with E-state index in [0.29, 0.717) is 0 Å². The summed E-state index contributed by atoms with van der Waals surface area (Å²) in [6, 6.07) is 17.5. The molecule has 4 heteroatoms. The summed E-state index contributed by atoms with van der Waals surface area (Å²) in [6.45, 7) is 9.51. The van der Waals surface area contributed by atoms with E-state index >= 15 is 0 Å². The third kappa shape index (κ3) is 4.59. The predicted octanol–water partition coefficient (Wildman–Crippen LogP) is 3.88. The van der Waals surface area contributed by atoms with Crippen LogP contribution >= 0.6 is 15.9 Å². The largest absolute Gasteiger partial charge is 0.368 e. The molecule has 1 fully saturated rings. The van der Waals surface area contributed by atoms with Gasteiger partial charge in [0, 0.05) is 43.7 Å². The van der Waals surface area contributed by atoms with Crippen LogP contribution in [-0.4, -0.2) is 37.6 Å². The summed E-state index contributed by atoms with van der Waals surface area (Å²) in [5.41, 5.74) is 4.05. The van der Waals surface area contributed by atoms with Gasteiger partial charge in [0.15, 0.2) is 0 Å². The van der Waals surface area contributed by atoms with Gasteiger partial charge in [0.25, 0.3) is 0 Å². The Morgan fingerprint density at radius 1 is 0.958 bits per heavy atom. The van der Waals surface area contributed by atoms with E-state index < -0.39 is 0 Å². The number of hydrogen-bond donors (Lipinski definition) is 1. The van der Waals surface area contributed by atoms with Crippen LogP contribution in [0.15, 0.2) is 53.0 Å². The van der Waals surface area contributed by atoms with Crippen molar-refractivity contribution in [1.82, 2.24) is 10.2 Å². The van der Waals surface area contributed by atoms with Gasteiger partial charge in [-0.15, -0.1) is 0 Å². The Hall–Kier alpha value is -1.36. The molecule has 2 aromatic rings. The van der Waals surface area contributed by atoms with Gasteiger partial charge in [0.05, 0.1) is 5.69 Å². The lowest BCUT2D eigenvalue weighted by Crippen LogP contribution is -2.46. The molecule has 3 nitrogen and oxygen atoms in total. The van der Waals surface area contributed by atoms with Gasteiger partial charge in [-0.2, -0.15) is 0 Å². The van der Waals surface area contributed by atoms with E-state index in [0.717, 1.165) is 45.8 Å². The lowest BCUT2D eigenvalue weighted by atomic mass is 10.1. The van der Waals surface area contributed by atoms with Crippen LogP contribution in [0.25, 0.3) is 0 Å². The number of rotatable bonds is 6. The molecule has 1 heterocycles. The van der Waals surface area contributed by atoms with Crippen molar-refractivity contribution < 1.29 is 0 Å². The quantitative estimate of drug-likeness (QED) is 0.810. The molecule has 0 aliphatic carbocycles. The SMILES string of the molecule is CCNCc1ccc(N2CCN(Cc3ccccc3)CC2)c(Br)c1. The van der Waals surface area contributed by atoms with Crippen LogP contribution in [0.5, 0.6) is 0 Å². The number of nitrogens with one attached hydrogen (secondary N) is 1. The number of halogens is 1. The lowest BCUT2D eigenvalue weighted by Gasteiger charge is -2.36. The molecular weight excluding hydrogens is 362 g/mol. The summed E-state index contributed by atoms with van der Waals surface area (Å²) in [7, 11) is 0. The zero-order valence-electron chi connectivity index (χ0n) is 14.3. The number of anilines is 1. The Morgan fingerprint density at radius 3 is 2.38 bits per heavy atom. The van der Waals surface area contributed by atoms with Crippen molar-refractivity contribution in [2.45, 2.75) is 20.0 Å². The van der Waals surface area contributed by atoms with E-state index in [4.69, 9.17) is 0 Å². The first-order valence-electron chi connectivity index (χ1n) is 8.76. The molecule has 0 saturated carbocycles. The van der Waals surface area contributed by atoms with Crippen molar-refractivity contribution >= 4 is 21.6 Å². The number of piperazine rings is 1. The molecule has 1 aliphatic heterocycles. The molecule has 0 amide bonds. The zero-order valence-corrected chi connectivity index (χ0v) is 15.9. The molecule has 128 valence electrons. The van der Waals surface area contributed by atoms with E-state index in [9.17, 15) is 0 Å². The zero-order chi connectivity index (χ0) is 16.8. The van der Waals surface area contributed by atoms with Crippen molar-refractivity contribution in [3.8, 4) is 0 Å². The molecule has 0 radical (unpaired) electrons. The standard InChI is InChI=1S/C20H26BrN3/c1-2-22-15-18-8-9-20(19(21)14-18)24-12-10-23(11-13-24)16-17-6-4-3-5-7-17/h3-9,14,22H,2,10-13,15-16H2,1H3. The third-order valence-electron chi connectivity index (χ3n) is 4.55. The minimum atomic E-state index is 0.931. The summed E-state index contributed by atoms with van der Waals surface area (Å²) < 4.78 is 1.20. The van der Waals surface area contributed by atoms with E-state index in [1.165, 1.54) is 21.3 Å². The molecule has 2 aromatic carbocycles. The Morgan fingerprint density at radius 2 is 1.71 bits per heavy atom. The summed E-state index contributed by atoms with van der Waals surface area (Å²) >= 11 is 3.76. The van der Waals surface area contributed by atoms with E-state index in [-0.39, 0.29) is 0 Å². The van der Waals surface area contributed by atoms with Gasteiger partial charge >= 0.3 is 0 Å². The Bertz CT molecular complexity index is 637. The average Bonchev–Trinajstić information content (AvgIpc) is 2.62. The first-order chi connectivity index (χ1) is 11.8. The highest BCUT2D eigenvalue weighted by Gasteiger charge is 2.19. The van der Waals surface area contributed by atoms with Crippen LogP contribution < -0.4 is 10.2 Å². The van der Waals surface area contributed by atoms with Gasteiger partial charge in [-0.3, -0.25) is 4.90 Å². The van der Waals surface area contributed by atoms with Crippen LogP contribution in [-0.2, 0) is 13.1 Å². The van der Waals surface area contributed by atoms with Crippen molar-refractivity contribution in [3.05, 3.63) is 64.1 Å². The highest BCUT2D eigenvalue weighted by Crippen LogP contribution is 2.28. The molecule has 0 aromatic heterocycles. The molecular formula is C20H26BrN3. The number of nitrogens with zero attached hydrogens (tertiary/aromatic N) is 2. The van der Waals surface area contributed by atoms with E-state index in [1.807, 2.05) is 0 Å². The first kappa shape index (κ1) is 17.5. The molecule has 0 atom stereocenters. The van der Waals surface area contributed by atoms with Crippen molar-refractivity contribution in [1.29, 1.82) is 0 Å². The highest BCUT2D eigenvalue weighted by molar-refractivity contribution is 9.10. The van der Waals surface area contributed by atoms with Gasteiger partial charge in [-0.05, 0) is 45.7 Å². The fourth-order valence-corrected chi connectivity index (χ4v) is 3.85. The van der Waals surface area contributed by atoms with E-state index in [2.05, 4.69) is 86.5 Å². The van der Waals surface area contributed by atoms with Crippen LogP contribution in [0, 0.1) is 0 Å². The average molecular weight is 388 g/mol.